The van der Waals surface area contributed by atoms with Gasteiger partial charge in [-0.2, -0.15) is 0 Å². The van der Waals surface area contributed by atoms with Crippen molar-refractivity contribution in [3.63, 3.8) is 0 Å². The summed E-state index contributed by atoms with van der Waals surface area (Å²) in [7, 11) is 0. The van der Waals surface area contributed by atoms with Crippen LogP contribution in [0.4, 0.5) is 0 Å². The second-order valence-corrected chi connectivity index (χ2v) is 4.08. The summed E-state index contributed by atoms with van der Waals surface area (Å²) in [4.78, 5) is 14.0. The van der Waals surface area contributed by atoms with Crippen molar-refractivity contribution in [3.05, 3.63) is 10.4 Å². The Kier molecular flexibility index (Phi) is 12.8. The molecule has 0 heterocycles. The number of hydrogen-bond donors (Lipinski definition) is 1. The number of carbonyl (C=O) groups is 1. The summed E-state index contributed by atoms with van der Waals surface area (Å²) in [5.74, 6) is 0.0675. The number of carbonyl (C=O) groups excluding carboxylic acids is 1. The first-order valence-corrected chi connectivity index (χ1v) is 6.66. The van der Waals surface area contributed by atoms with E-state index >= 15 is 0 Å². The summed E-state index contributed by atoms with van der Waals surface area (Å²) < 4.78 is 5.33. The van der Waals surface area contributed by atoms with Crippen LogP contribution in [0.15, 0.2) is 5.11 Å². The van der Waals surface area contributed by atoms with E-state index in [0.29, 0.717) is 26.1 Å². The number of nitrogens with one attached hydrogen (secondary N) is 1. The Bertz CT molecular complexity index is 252. The van der Waals surface area contributed by atoms with Crippen molar-refractivity contribution in [3.8, 4) is 0 Å². The third-order valence-corrected chi connectivity index (χ3v) is 2.44. The minimum atomic E-state index is 0.0675. The molecule has 0 aromatic carbocycles. The van der Waals surface area contributed by atoms with Crippen LogP contribution in [0, 0.1) is 0 Å². The Balaban J connectivity index is 3.19. The van der Waals surface area contributed by atoms with E-state index in [2.05, 4.69) is 22.3 Å². The van der Waals surface area contributed by atoms with Gasteiger partial charge in [0.2, 0.25) is 5.91 Å². The molecule has 104 valence electrons. The van der Waals surface area contributed by atoms with E-state index in [0.717, 1.165) is 38.7 Å². The largest absolute Gasteiger partial charge is 0.380 e. The zero-order valence-electron chi connectivity index (χ0n) is 11.2. The minimum Gasteiger partial charge on any atom is -0.380 e. The lowest BCUT2D eigenvalue weighted by atomic mass is 10.2. The van der Waals surface area contributed by atoms with Gasteiger partial charge in [-0.15, -0.1) is 0 Å². The van der Waals surface area contributed by atoms with Gasteiger partial charge in [0.05, 0.1) is 6.61 Å². The highest BCUT2D eigenvalue weighted by Gasteiger charge is 1.99. The molecule has 6 nitrogen and oxygen atoms in total. The van der Waals surface area contributed by atoms with E-state index in [4.69, 9.17) is 10.3 Å². The molecule has 1 N–H and O–H groups in total. The van der Waals surface area contributed by atoms with Crippen LogP contribution in [-0.4, -0.2) is 32.2 Å². The Morgan fingerprint density at radius 2 is 2.11 bits per heavy atom. The molecular formula is C12H24N4O2. The Hall–Kier alpha value is -1.26. The monoisotopic (exact) mass is 256 g/mol. The summed E-state index contributed by atoms with van der Waals surface area (Å²) in [6.45, 7) is 4.58. The molecule has 0 unspecified atom stereocenters. The third kappa shape index (κ3) is 12.8. The maximum atomic E-state index is 11.4. The summed E-state index contributed by atoms with van der Waals surface area (Å²) in [5.41, 5.74) is 8.07. The van der Waals surface area contributed by atoms with E-state index in [1.54, 1.807) is 0 Å². The standard InChI is InChI=1S/C12H24N4O2/c1-2-3-10-18-11-9-14-12(17)7-5-4-6-8-15-16-13/h2-11H2,1H3,(H,14,17). The fourth-order valence-electron chi connectivity index (χ4n) is 1.39. The van der Waals surface area contributed by atoms with Gasteiger partial charge in [-0.05, 0) is 24.8 Å². The lowest BCUT2D eigenvalue weighted by molar-refractivity contribution is -0.121. The molecule has 0 spiro atoms. The molecule has 6 heteroatoms. The number of amides is 1. The zero-order chi connectivity index (χ0) is 13.5. The van der Waals surface area contributed by atoms with Crippen LogP contribution in [0.3, 0.4) is 0 Å². The number of ether oxygens (including phenoxy) is 1. The van der Waals surface area contributed by atoms with Gasteiger partial charge in [0, 0.05) is 31.0 Å². The first-order chi connectivity index (χ1) is 8.81. The van der Waals surface area contributed by atoms with Crippen LogP contribution < -0.4 is 5.32 Å². The third-order valence-electron chi connectivity index (χ3n) is 2.44. The first kappa shape index (κ1) is 16.7. The number of unbranched alkanes of at least 4 members (excludes halogenated alkanes) is 3. The van der Waals surface area contributed by atoms with Gasteiger partial charge in [0.15, 0.2) is 0 Å². The van der Waals surface area contributed by atoms with Gasteiger partial charge >= 0.3 is 0 Å². The Morgan fingerprint density at radius 1 is 1.28 bits per heavy atom. The fraction of sp³-hybridized carbons (Fsp3) is 0.917. The van der Waals surface area contributed by atoms with Crippen LogP contribution in [-0.2, 0) is 9.53 Å². The molecule has 0 fully saturated rings. The van der Waals surface area contributed by atoms with Crippen LogP contribution >= 0.6 is 0 Å². The van der Waals surface area contributed by atoms with Crippen LogP contribution in [0.2, 0.25) is 0 Å². The molecule has 0 aromatic heterocycles. The first-order valence-electron chi connectivity index (χ1n) is 6.66. The summed E-state index contributed by atoms with van der Waals surface area (Å²) in [6, 6.07) is 0. The second kappa shape index (κ2) is 13.8. The highest BCUT2D eigenvalue weighted by atomic mass is 16.5. The molecule has 0 aliphatic carbocycles. The average molecular weight is 256 g/mol. The molecule has 0 aromatic rings. The van der Waals surface area contributed by atoms with Gasteiger partial charge in [-0.25, -0.2) is 0 Å². The zero-order valence-corrected chi connectivity index (χ0v) is 11.2. The summed E-state index contributed by atoms with van der Waals surface area (Å²) in [5, 5.41) is 6.25. The van der Waals surface area contributed by atoms with Crippen molar-refractivity contribution in [2.24, 2.45) is 5.11 Å². The van der Waals surface area contributed by atoms with Crippen molar-refractivity contribution in [1.29, 1.82) is 0 Å². The van der Waals surface area contributed by atoms with Gasteiger partial charge in [-0.3, -0.25) is 4.79 Å². The van der Waals surface area contributed by atoms with E-state index in [1.165, 1.54) is 0 Å². The number of nitrogens with zero attached hydrogens (tertiary/aromatic N) is 3. The molecule has 0 rings (SSSR count). The number of hydrogen-bond acceptors (Lipinski definition) is 3. The van der Waals surface area contributed by atoms with Crippen molar-refractivity contribution in [2.75, 3.05) is 26.3 Å². The van der Waals surface area contributed by atoms with Crippen molar-refractivity contribution in [1.82, 2.24) is 5.32 Å². The topological polar surface area (TPSA) is 87.1 Å². The fourth-order valence-corrected chi connectivity index (χ4v) is 1.39. The minimum absolute atomic E-state index is 0.0675. The average Bonchev–Trinajstić information content (AvgIpc) is 2.38. The molecule has 1 amide bonds. The lowest BCUT2D eigenvalue weighted by Crippen LogP contribution is -2.27. The number of azide groups is 1. The molecule has 0 atom stereocenters. The number of rotatable bonds is 12. The van der Waals surface area contributed by atoms with E-state index in [1.807, 2.05) is 0 Å². The molecule has 0 aliphatic heterocycles. The maximum Gasteiger partial charge on any atom is 0.220 e. The van der Waals surface area contributed by atoms with Gasteiger partial charge in [0.1, 0.15) is 0 Å². The quantitative estimate of drug-likeness (QED) is 0.252. The molecule has 0 saturated heterocycles. The second-order valence-electron chi connectivity index (χ2n) is 4.08. The van der Waals surface area contributed by atoms with Gasteiger partial charge in [-0.1, -0.05) is 24.9 Å². The summed E-state index contributed by atoms with van der Waals surface area (Å²) in [6.07, 6.45) is 5.33. The van der Waals surface area contributed by atoms with E-state index in [9.17, 15) is 4.79 Å². The van der Waals surface area contributed by atoms with Gasteiger partial charge < -0.3 is 10.1 Å². The van der Waals surface area contributed by atoms with Crippen molar-refractivity contribution >= 4 is 5.91 Å². The summed E-state index contributed by atoms with van der Waals surface area (Å²) >= 11 is 0. The van der Waals surface area contributed by atoms with Crippen molar-refractivity contribution < 1.29 is 9.53 Å². The SMILES string of the molecule is CCCCOCCNC(=O)CCCCCN=[N+]=[N-]. The van der Waals surface area contributed by atoms with E-state index in [-0.39, 0.29) is 5.91 Å². The molecule has 0 bridgehead atoms. The molecule has 0 aliphatic rings. The predicted octanol–water partition coefficient (Wildman–Crippen LogP) is 2.79. The smallest absolute Gasteiger partial charge is 0.220 e. The van der Waals surface area contributed by atoms with E-state index < -0.39 is 0 Å². The maximum absolute atomic E-state index is 11.4. The molecule has 0 radical (unpaired) electrons. The van der Waals surface area contributed by atoms with Crippen LogP contribution in [0.25, 0.3) is 10.4 Å². The molecular weight excluding hydrogens is 232 g/mol. The normalized spacial score (nSPS) is 9.83. The predicted molar refractivity (Wildman–Crippen MR) is 71.2 cm³/mol. The van der Waals surface area contributed by atoms with Gasteiger partial charge in [0.25, 0.3) is 0 Å². The van der Waals surface area contributed by atoms with Crippen LogP contribution in [0.5, 0.6) is 0 Å². The Labute approximate surface area is 109 Å². The van der Waals surface area contributed by atoms with Crippen molar-refractivity contribution in [2.45, 2.75) is 45.4 Å². The lowest BCUT2D eigenvalue weighted by Gasteiger charge is -2.05. The Morgan fingerprint density at radius 3 is 2.83 bits per heavy atom. The molecule has 0 saturated carbocycles. The highest BCUT2D eigenvalue weighted by Crippen LogP contribution is 2.00. The molecule has 18 heavy (non-hydrogen) atoms. The van der Waals surface area contributed by atoms with Crippen LogP contribution in [0.1, 0.15) is 45.4 Å². The highest BCUT2D eigenvalue weighted by molar-refractivity contribution is 5.75.